The first-order valence-electron chi connectivity index (χ1n) is 7.00. The molecule has 1 saturated heterocycles. The zero-order valence-electron chi connectivity index (χ0n) is 11.9. The summed E-state index contributed by atoms with van der Waals surface area (Å²) in [6.07, 6.45) is 0.136. The van der Waals surface area contributed by atoms with Crippen LogP contribution in [0.2, 0.25) is 0 Å². The van der Waals surface area contributed by atoms with Crippen molar-refractivity contribution in [2.75, 3.05) is 6.54 Å². The molecule has 2 rings (SSSR count). The molecule has 20 heavy (non-hydrogen) atoms. The smallest absolute Gasteiger partial charge is 0.237 e. The van der Waals surface area contributed by atoms with Gasteiger partial charge in [-0.1, -0.05) is 18.2 Å². The van der Waals surface area contributed by atoms with E-state index in [4.69, 9.17) is 4.74 Å². The Bertz CT molecular complexity index is 462. The predicted molar refractivity (Wildman–Crippen MR) is 76.5 cm³/mol. The Morgan fingerprint density at radius 2 is 2.25 bits per heavy atom. The van der Waals surface area contributed by atoms with Gasteiger partial charge in [0.2, 0.25) is 5.91 Å². The van der Waals surface area contributed by atoms with Crippen molar-refractivity contribution in [1.29, 1.82) is 0 Å². The first kappa shape index (κ1) is 14.8. The van der Waals surface area contributed by atoms with Crippen molar-refractivity contribution in [3.8, 4) is 5.75 Å². The van der Waals surface area contributed by atoms with Gasteiger partial charge >= 0.3 is 0 Å². The zero-order valence-corrected chi connectivity index (χ0v) is 11.9. The van der Waals surface area contributed by atoms with E-state index < -0.39 is 6.10 Å². The lowest BCUT2D eigenvalue weighted by Crippen LogP contribution is -2.40. The largest absolute Gasteiger partial charge is 0.491 e. The first-order chi connectivity index (χ1) is 9.56. The Morgan fingerprint density at radius 1 is 1.50 bits per heavy atom. The normalized spacial score (nSPS) is 22.0. The summed E-state index contributed by atoms with van der Waals surface area (Å²) in [4.78, 5) is 12.0. The molecule has 5 heteroatoms. The van der Waals surface area contributed by atoms with E-state index in [1.165, 1.54) is 0 Å². The summed E-state index contributed by atoms with van der Waals surface area (Å²) in [5.74, 6) is 0.711. The minimum absolute atomic E-state index is 0.0825. The van der Waals surface area contributed by atoms with Crippen LogP contribution in [-0.4, -0.2) is 35.8 Å². The quantitative estimate of drug-likeness (QED) is 0.745. The number of hydrogen-bond donors (Lipinski definition) is 3. The van der Waals surface area contributed by atoms with Crippen LogP contribution in [0.1, 0.15) is 25.8 Å². The second-order valence-corrected chi connectivity index (χ2v) is 5.34. The predicted octanol–water partition coefficient (Wildman–Crippen LogP) is 0.813. The fourth-order valence-electron chi connectivity index (χ4n) is 2.24. The minimum atomic E-state index is -0.428. The van der Waals surface area contributed by atoms with Gasteiger partial charge in [-0.05, 0) is 26.3 Å². The Kier molecular flexibility index (Phi) is 4.98. The van der Waals surface area contributed by atoms with Gasteiger partial charge in [0.15, 0.2) is 0 Å². The van der Waals surface area contributed by atoms with Gasteiger partial charge in [0.05, 0.1) is 18.2 Å². The molecule has 1 fully saturated rings. The number of rotatable bonds is 5. The van der Waals surface area contributed by atoms with E-state index in [2.05, 4.69) is 10.6 Å². The lowest BCUT2D eigenvalue weighted by molar-refractivity contribution is -0.123. The first-order valence-corrected chi connectivity index (χ1v) is 7.00. The van der Waals surface area contributed by atoms with Crippen LogP contribution in [0.3, 0.4) is 0 Å². The van der Waals surface area contributed by atoms with Gasteiger partial charge in [-0.15, -0.1) is 0 Å². The van der Waals surface area contributed by atoms with Crippen LogP contribution < -0.4 is 15.4 Å². The summed E-state index contributed by atoms with van der Waals surface area (Å²) in [6, 6.07) is 7.38. The molecule has 1 amide bonds. The lowest BCUT2D eigenvalue weighted by atomic mass is 10.1. The second-order valence-electron chi connectivity index (χ2n) is 5.34. The average molecular weight is 278 g/mol. The molecule has 2 atom stereocenters. The highest BCUT2D eigenvalue weighted by atomic mass is 16.5. The maximum Gasteiger partial charge on any atom is 0.237 e. The van der Waals surface area contributed by atoms with E-state index >= 15 is 0 Å². The summed E-state index contributed by atoms with van der Waals surface area (Å²) in [5, 5.41) is 15.3. The van der Waals surface area contributed by atoms with Crippen LogP contribution in [0.25, 0.3) is 0 Å². The third-order valence-electron chi connectivity index (χ3n) is 3.21. The summed E-state index contributed by atoms with van der Waals surface area (Å²) < 4.78 is 5.71. The van der Waals surface area contributed by atoms with Crippen LogP contribution in [0.4, 0.5) is 0 Å². The summed E-state index contributed by atoms with van der Waals surface area (Å²) >= 11 is 0. The van der Waals surface area contributed by atoms with Crippen LogP contribution in [0, 0.1) is 0 Å². The topological polar surface area (TPSA) is 70.6 Å². The van der Waals surface area contributed by atoms with Crippen LogP contribution in [0.5, 0.6) is 5.75 Å². The van der Waals surface area contributed by atoms with E-state index in [-0.39, 0.29) is 18.1 Å². The van der Waals surface area contributed by atoms with Gasteiger partial charge in [0.1, 0.15) is 5.75 Å². The number of aliphatic hydroxyl groups is 1. The highest BCUT2D eigenvalue weighted by molar-refractivity contribution is 5.82. The standard InChI is InChI=1S/C15H22N2O3/c1-10(2)20-14-6-4-3-5-11(14)8-17-15(19)13-7-12(18)9-16-13/h3-6,10,12-13,16,18H,7-9H2,1-2H3,(H,17,19). The summed E-state index contributed by atoms with van der Waals surface area (Å²) in [5.41, 5.74) is 0.952. The monoisotopic (exact) mass is 278 g/mol. The fourth-order valence-corrected chi connectivity index (χ4v) is 2.24. The zero-order chi connectivity index (χ0) is 14.5. The lowest BCUT2D eigenvalue weighted by Gasteiger charge is -2.16. The van der Waals surface area contributed by atoms with Gasteiger partial charge in [0.25, 0.3) is 0 Å². The molecule has 0 aliphatic carbocycles. The van der Waals surface area contributed by atoms with Crippen LogP contribution in [0.15, 0.2) is 24.3 Å². The van der Waals surface area contributed by atoms with E-state index in [0.29, 0.717) is 19.5 Å². The molecule has 5 nitrogen and oxygen atoms in total. The van der Waals surface area contributed by atoms with Crippen molar-refractivity contribution in [2.45, 2.75) is 45.1 Å². The number of benzene rings is 1. The molecule has 0 saturated carbocycles. The molecule has 1 aliphatic heterocycles. The van der Waals surface area contributed by atoms with Crippen molar-refractivity contribution in [3.63, 3.8) is 0 Å². The highest BCUT2D eigenvalue weighted by Gasteiger charge is 2.27. The Balaban J connectivity index is 1.92. The molecule has 2 unspecified atom stereocenters. The molecule has 0 spiro atoms. The van der Waals surface area contributed by atoms with E-state index in [9.17, 15) is 9.90 Å². The molecular formula is C15H22N2O3. The summed E-state index contributed by atoms with van der Waals surface area (Å²) in [7, 11) is 0. The number of carbonyl (C=O) groups excluding carboxylic acids is 1. The number of hydrogen-bond acceptors (Lipinski definition) is 4. The average Bonchev–Trinajstić information content (AvgIpc) is 2.83. The molecule has 110 valence electrons. The van der Waals surface area contributed by atoms with E-state index in [0.717, 1.165) is 11.3 Å². The molecule has 1 heterocycles. The maximum absolute atomic E-state index is 12.0. The van der Waals surface area contributed by atoms with E-state index in [1.807, 2.05) is 38.1 Å². The van der Waals surface area contributed by atoms with E-state index in [1.54, 1.807) is 0 Å². The number of carbonyl (C=O) groups is 1. The molecule has 1 aromatic carbocycles. The third-order valence-corrected chi connectivity index (χ3v) is 3.21. The second kappa shape index (κ2) is 6.72. The molecule has 0 aromatic heterocycles. The van der Waals surface area contributed by atoms with Crippen molar-refractivity contribution in [2.24, 2.45) is 0 Å². The van der Waals surface area contributed by atoms with Gasteiger partial charge in [-0.3, -0.25) is 4.79 Å². The van der Waals surface area contributed by atoms with Crippen LogP contribution >= 0.6 is 0 Å². The van der Waals surface area contributed by atoms with Gasteiger partial charge in [-0.25, -0.2) is 0 Å². The SMILES string of the molecule is CC(C)Oc1ccccc1CNC(=O)C1CC(O)CN1. The number of amides is 1. The third kappa shape index (κ3) is 3.95. The van der Waals surface area contributed by atoms with Crippen molar-refractivity contribution < 1.29 is 14.6 Å². The number of aliphatic hydroxyl groups excluding tert-OH is 1. The van der Waals surface area contributed by atoms with Gasteiger partial charge in [-0.2, -0.15) is 0 Å². The van der Waals surface area contributed by atoms with Crippen molar-refractivity contribution in [3.05, 3.63) is 29.8 Å². The molecule has 0 bridgehead atoms. The van der Waals surface area contributed by atoms with Crippen molar-refractivity contribution in [1.82, 2.24) is 10.6 Å². The van der Waals surface area contributed by atoms with Gasteiger partial charge < -0.3 is 20.5 Å². The maximum atomic E-state index is 12.0. The Morgan fingerprint density at radius 3 is 2.90 bits per heavy atom. The van der Waals surface area contributed by atoms with Crippen LogP contribution in [-0.2, 0) is 11.3 Å². The number of ether oxygens (including phenoxy) is 1. The highest BCUT2D eigenvalue weighted by Crippen LogP contribution is 2.19. The molecule has 0 radical (unpaired) electrons. The molecule has 1 aromatic rings. The van der Waals surface area contributed by atoms with Gasteiger partial charge in [0, 0.05) is 18.7 Å². The number of β-amino-alcohol motifs (C(OH)–C–C–N with tert-alkyl or cyclic N) is 1. The minimum Gasteiger partial charge on any atom is -0.491 e. The van der Waals surface area contributed by atoms with Crippen molar-refractivity contribution >= 4 is 5.91 Å². The Hall–Kier alpha value is -1.59. The molecule has 3 N–H and O–H groups in total. The molecule has 1 aliphatic rings. The number of nitrogens with one attached hydrogen (secondary N) is 2. The molecular weight excluding hydrogens is 256 g/mol. The number of para-hydroxylation sites is 1. The Labute approximate surface area is 119 Å². The fraction of sp³-hybridized carbons (Fsp3) is 0.533. The summed E-state index contributed by atoms with van der Waals surface area (Å²) in [6.45, 7) is 4.85.